The van der Waals surface area contributed by atoms with E-state index in [0.717, 1.165) is 25.3 Å². The molecular weight excluding hydrogens is 269 g/mol. The van der Waals surface area contributed by atoms with E-state index in [1.54, 1.807) is 0 Å². The molecule has 19 heavy (non-hydrogen) atoms. The highest BCUT2D eigenvalue weighted by Gasteiger charge is 2.26. The van der Waals surface area contributed by atoms with Crippen LogP contribution in [-0.4, -0.2) is 19.6 Å². The van der Waals surface area contributed by atoms with Crippen molar-refractivity contribution >= 4 is 10.0 Å². The van der Waals surface area contributed by atoms with Crippen LogP contribution in [0.25, 0.3) is 0 Å². The summed E-state index contributed by atoms with van der Waals surface area (Å²) in [5, 5.41) is 8.96. The second kappa shape index (κ2) is 5.56. The van der Waals surface area contributed by atoms with Crippen LogP contribution in [-0.2, 0) is 16.6 Å². The Hall–Kier alpha value is -0.980. The molecule has 0 spiro atoms. The van der Waals surface area contributed by atoms with Gasteiger partial charge >= 0.3 is 0 Å². The van der Waals surface area contributed by atoms with Crippen molar-refractivity contribution in [2.45, 2.75) is 43.7 Å². The molecule has 1 aliphatic carbocycles. The zero-order valence-electron chi connectivity index (χ0n) is 10.8. The van der Waals surface area contributed by atoms with Gasteiger partial charge in [0.05, 0.1) is 11.5 Å². The monoisotopic (exact) mass is 287 g/mol. The molecule has 0 aliphatic heterocycles. The highest BCUT2D eigenvalue weighted by molar-refractivity contribution is 7.89. The van der Waals surface area contributed by atoms with Crippen molar-refractivity contribution in [1.29, 1.82) is 0 Å². The molecule has 2 rings (SSSR count). The number of hydrogen-bond donors (Lipinski definition) is 2. The first-order valence-corrected chi connectivity index (χ1v) is 7.82. The van der Waals surface area contributed by atoms with Gasteiger partial charge in [-0.1, -0.05) is 12.8 Å². The molecule has 1 saturated carbocycles. The van der Waals surface area contributed by atoms with Crippen LogP contribution < -0.4 is 4.72 Å². The Bertz CT molecular complexity index is 555. The molecule has 6 heteroatoms. The Morgan fingerprint density at radius 3 is 2.74 bits per heavy atom. The predicted octanol–water partition coefficient (Wildman–Crippen LogP) is 1.78. The molecule has 0 radical (unpaired) electrons. The molecule has 0 amide bonds. The van der Waals surface area contributed by atoms with Crippen molar-refractivity contribution in [2.75, 3.05) is 0 Å². The first-order valence-electron chi connectivity index (χ1n) is 6.34. The van der Waals surface area contributed by atoms with E-state index in [9.17, 15) is 12.8 Å². The molecule has 1 aromatic rings. The van der Waals surface area contributed by atoms with Crippen molar-refractivity contribution in [1.82, 2.24) is 4.72 Å². The summed E-state index contributed by atoms with van der Waals surface area (Å²) in [4.78, 5) is -0.0133. The van der Waals surface area contributed by atoms with Gasteiger partial charge < -0.3 is 5.11 Å². The lowest BCUT2D eigenvalue weighted by Gasteiger charge is -2.14. The van der Waals surface area contributed by atoms with Crippen molar-refractivity contribution in [3.8, 4) is 0 Å². The van der Waals surface area contributed by atoms with Gasteiger partial charge in [0.15, 0.2) is 0 Å². The number of halogens is 1. The number of nitrogens with one attached hydrogen (secondary N) is 1. The molecule has 2 N–H and O–H groups in total. The molecule has 1 atom stereocenters. The van der Waals surface area contributed by atoms with Gasteiger partial charge in [0.1, 0.15) is 5.82 Å². The van der Waals surface area contributed by atoms with Crippen LogP contribution in [0.15, 0.2) is 23.1 Å². The summed E-state index contributed by atoms with van der Waals surface area (Å²) in [7, 11) is -3.65. The van der Waals surface area contributed by atoms with E-state index in [1.165, 1.54) is 12.1 Å². The number of benzene rings is 1. The lowest BCUT2D eigenvalue weighted by Crippen LogP contribution is -2.33. The minimum Gasteiger partial charge on any atom is -0.392 e. The third-order valence-electron chi connectivity index (χ3n) is 3.24. The predicted molar refractivity (Wildman–Crippen MR) is 69.4 cm³/mol. The SMILES string of the molecule is CC(CC1CC1)NS(=O)(=O)c1ccc(F)c(CO)c1. The van der Waals surface area contributed by atoms with Gasteiger partial charge in [-0.05, 0) is 37.5 Å². The molecule has 1 fully saturated rings. The third kappa shape index (κ3) is 3.75. The highest BCUT2D eigenvalue weighted by atomic mass is 32.2. The molecule has 1 unspecified atom stereocenters. The van der Waals surface area contributed by atoms with E-state index in [2.05, 4.69) is 4.72 Å². The normalized spacial score (nSPS) is 17.4. The Balaban J connectivity index is 2.13. The Morgan fingerprint density at radius 1 is 1.47 bits per heavy atom. The summed E-state index contributed by atoms with van der Waals surface area (Å²) in [6.45, 7) is 1.30. The number of aliphatic hydroxyl groups is 1. The summed E-state index contributed by atoms with van der Waals surface area (Å²) in [6, 6.07) is 3.30. The molecule has 1 aliphatic rings. The van der Waals surface area contributed by atoms with Crippen molar-refractivity contribution in [2.24, 2.45) is 5.92 Å². The Kier molecular flexibility index (Phi) is 4.23. The number of sulfonamides is 1. The standard InChI is InChI=1S/C13H18FNO3S/c1-9(6-10-2-3-10)15-19(17,18)12-4-5-13(14)11(7-12)8-16/h4-5,7,9-10,15-16H,2-3,6,8H2,1H3. The van der Waals surface area contributed by atoms with Gasteiger partial charge in [-0.15, -0.1) is 0 Å². The highest BCUT2D eigenvalue weighted by Crippen LogP contribution is 2.33. The first kappa shape index (κ1) is 14.4. The van der Waals surface area contributed by atoms with E-state index in [0.29, 0.717) is 5.92 Å². The van der Waals surface area contributed by atoms with Crippen LogP contribution in [0.2, 0.25) is 0 Å². The van der Waals surface area contributed by atoms with Crippen LogP contribution in [0.4, 0.5) is 4.39 Å². The zero-order valence-corrected chi connectivity index (χ0v) is 11.6. The smallest absolute Gasteiger partial charge is 0.240 e. The maximum absolute atomic E-state index is 13.2. The maximum atomic E-state index is 13.2. The van der Waals surface area contributed by atoms with Gasteiger partial charge in [-0.3, -0.25) is 0 Å². The van der Waals surface area contributed by atoms with Crippen LogP contribution in [0.1, 0.15) is 31.7 Å². The molecule has 0 heterocycles. The van der Waals surface area contributed by atoms with Gasteiger partial charge in [0.25, 0.3) is 0 Å². The molecule has 106 valence electrons. The van der Waals surface area contributed by atoms with Crippen LogP contribution in [0.5, 0.6) is 0 Å². The fraction of sp³-hybridized carbons (Fsp3) is 0.538. The molecule has 1 aromatic carbocycles. The van der Waals surface area contributed by atoms with E-state index < -0.39 is 22.4 Å². The number of rotatable bonds is 6. The maximum Gasteiger partial charge on any atom is 0.240 e. The van der Waals surface area contributed by atoms with E-state index in [4.69, 9.17) is 5.11 Å². The second-order valence-corrected chi connectivity index (χ2v) is 6.83. The summed E-state index contributed by atoms with van der Waals surface area (Å²) < 4.78 is 40.0. The molecule has 0 bridgehead atoms. The lowest BCUT2D eigenvalue weighted by atomic mass is 10.2. The van der Waals surface area contributed by atoms with Gasteiger partial charge in [0.2, 0.25) is 10.0 Å². The average molecular weight is 287 g/mol. The van der Waals surface area contributed by atoms with Gasteiger partial charge in [-0.25, -0.2) is 17.5 Å². The third-order valence-corrected chi connectivity index (χ3v) is 4.83. The van der Waals surface area contributed by atoms with Crippen LogP contribution >= 0.6 is 0 Å². The van der Waals surface area contributed by atoms with E-state index in [-0.39, 0.29) is 16.5 Å². The summed E-state index contributed by atoms with van der Waals surface area (Å²) >= 11 is 0. The van der Waals surface area contributed by atoms with Crippen LogP contribution in [0, 0.1) is 11.7 Å². The Labute approximate surface area is 112 Å². The van der Waals surface area contributed by atoms with E-state index >= 15 is 0 Å². The van der Waals surface area contributed by atoms with Crippen LogP contribution in [0.3, 0.4) is 0 Å². The molecule has 0 aromatic heterocycles. The van der Waals surface area contributed by atoms with Gasteiger partial charge in [-0.2, -0.15) is 0 Å². The molecule has 4 nitrogen and oxygen atoms in total. The largest absolute Gasteiger partial charge is 0.392 e. The fourth-order valence-electron chi connectivity index (χ4n) is 2.07. The minimum atomic E-state index is -3.65. The summed E-state index contributed by atoms with van der Waals surface area (Å²) in [5.41, 5.74) is -0.0160. The van der Waals surface area contributed by atoms with Gasteiger partial charge in [0, 0.05) is 11.6 Å². The number of aliphatic hydroxyl groups excluding tert-OH is 1. The fourth-order valence-corrected chi connectivity index (χ4v) is 3.38. The lowest BCUT2D eigenvalue weighted by molar-refractivity contribution is 0.275. The van der Waals surface area contributed by atoms with Crippen molar-refractivity contribution in [3.05, 3.63) is 29.6 Å². The van der Waals surface area contributed by atoms with Crippen molar-refractivity contribution < 1.29 is 17.9 Å². The number of hydrogen-bond acceptors (Lipinski definition) is 3. The Morgan fingerprint density at radius 2 is 2.16 bits per heavy atom. The topological polar surface area (TPSA) is 66.4 Å². The molecule has 0 saturated heterocycles. The summed E-state index contributed by atoms with van der Waals surface area (Å²) in [5.74, 6) is 0.0198. The summed E-state index contributed by atoms with van der Waals surface area (Å²) in [6.07, 6.45) is 3.15. The molecular formula is C13H18FNO3S. The zero-order chi connectivity index (χ0) is 14.0. The van der Waals surface area contributed by atoms with Crippen molar-refractivity contribution in [3.63, 3.8) is 0 Å². The quantitative estimate of drug-likeness (QED) is 0.838. The first-order chi connectivity index (χ1) is 8.92. The van der Waals surface area contributed by atoms with E-state index in [1.807, 2.05) is 6.92 Å². The average Bonchev–Trinajstić information content (AvgIpc) is 3.12. The minimum absolute atomic E-state index is 0.0133. The second-order valence-electron chi connectivity index (χ2n) is 5.11.